The summed E-state index contributed by atoms with van der Waals surface area (Å²) in [7, 11) is 1.97. The summed E-state index contributed by atoms with van der Waals surface area (Å²) in [6.07, 6.45) is 1.93. The largest absolute Gasteiger partial charge is 0.306 e. The first kappa shape index (κ1) is 13.3. The van der Waals surface area contributed by atoms with Crippen LogP contribution < -0.4 is 5.32 Å². The lowest BCUT2D eigenvalue weighted by Gasteiger charge is -2.14. The summed E-state index contributed by atoms with van der Waals surface area (Å²) in [5.41, 5.74) is 3.76. The molecule has 2 aromatic rings. The third-order valence-electron chi connectivity index (χ3n) is 3.31. The first-order chi connectivity index (χ1) is 8.58. The van der Waals surface area contributed by atoms with Crippen LogP contribution in [0, 0.1) is 6.92 Å². The van der Waals surface area contributed by atoms with Gasteiger partial charge in [0.1, 0.15) is 0 Å². The van der Waals surface area contributed by atoms with Crippen molar-refractivity contribution in [2.75, 3.05) is 0 Å². The van der Waals surface area contributed by atoms with Crippen LogP contribution in [0.4, 0.5) is 0 Å². The van der Waals surface area contributed by atoms with Crippen LogP contribution in [-0.4, -0.2) is 9.78 Å². The molecule has 0 aliphatic rings. The topological polar surface area (TPSA) is 29.9 Å². The molecule has 0 fully saturated rings. The third-order valence-corrected chi connectivity index (χ3v) is 3.83. The van der Waals surface area contributed by atoms with Crippen LogP contribution in [0.25, 0.3) is 0 Å². The Balaban J connectivity index is 1.98. The van der Waals surface area contributed by atoms with Gasteiger partial charge in [0.05, 0.1) is 6.20 Å². The molecule has 1 aromatic carbocycles. The van der Waals surface area contributed by atoms with Crippen molar-refractivity contribution in [3.63, 3.8) is 0 Å². The molecule has 4 heteroatoms. The van der Waals surface area contributed by atoms with Crippen molar-refractivity contribution in [1.82, 2.24) is 15.1 Å². The molecule has 0 aliphatic heterocycles. The molecule has 1 unspecified atom stereocenters. The van der Waals surface area contributed by atoms with E-state index in [1.807, 2.05) is 17.9 Å². The highest BCUT2D eigenvalue weighted by Crippen LogP contribution is 2.17. The highest BCUT2D eigenvalue weighted by molar-refractivity contribution is 9.10. The molecule has 0 spiro atoms. The second-order valence-electron chi connectivity index (χ2n) is 4.53. The van der Waals surface area contributed by atoms with Crippen LogP contribution >= 0.6 is 15.9 Å². The highest BCUT2D eigenvalue weighted by Gasteiger charge is 2.07. The summed E-state index contributed by atoms with van der Waals surface area (Å²) in [5.74, 6) is 0. The molecule has 0 saturated heterocycles. The Hall–Kier alpha value is -1.13. The Kier molecular flexibility index (Phi) is 4.19. The molecule has 1 heterocycles. The van der Waals surface area contributed by atoms with Gasteiger partial charge in [0.25, 0.3) is 0 Å². The first-order valence-corrected chi connectivity index (χ1v) is 6.83. The summed E-state index contributed by atoms with van der Waals surface area (Å²) in [4.78, 5) is 0. The van der Waals surface area contributed by atoms with Crippen LogP contribution in [0.2, 0.25) is 0 Å². The number of nitrogens with zero attached hydrogens (tertiary/aromatic N) is 2. The fraction of sp³-hybridized carbons (Fsp3) is 0.357. The summed E-state index contributed by atoms with van der Waals surface area (Å²) in [6, 6.07) is 8.75. The molecule has 0 amide bonds. The third kappa shape index (κ3) is 3.00. The smallest absolute Gasteiger partial charge is 0.0537 e. The van der Waals surface area contributed by atoms with Crippen LogP contribution in [0.15, 0.2) is 34.9 Å². The predicted molar refractivity (Wildman–Crippen MR) is 77.3 cm³/mol. The van der Waals surface area contributed by atoms with Gasteiger partial charge in [-0.3, -0.25) is 4.68 Å². The number of hydrogen-bond donors (Lipinski definition) is 1. The minimum atomic E-state index is 0.331. The van der Waals surface area contributed by atoms with E-state index in [0.717, 1.165) is 11.0 Å². The van der Waals surface area contributed by atoms with Gasteiger partial charge in [0.15, 0.2) is 0 Å². The zero-order chi connectivity index (χ0) is 13.1. The van der Waals surface area contributed by atoms with E-state index in [4.69, 9.17) is 0 Å². The van der Waals surface area contributed by atoms with Crippen molar-refractivity contribution in [3.05, 3.63) is 51.8 Å². The number of hydrogen-bond acceptors (Lipinski definition) is 2. The Morgan fingerprint density at radius 2 is 2.00 bits per heavy atom. The molecule has 0 radical (unpaired) electrons. The molecule has 1 atom stereocenters. The highest BCUT2D eigenvalue weighted by atomic mass is 79.9. The van der Waals surface area contributed by atoms with Crippen molar-refractivity contribution in [2.45, 2.75) is 26.4 Å². The van der Waals surface area contributed by atoms with Gasteiger partial charge >= 0.3 is 0 Å². The maximum atomic E-state index is 4.25. The SMILES string of the molecule is Cc1c(CNC(C)c2ccc(Br)cc2)cnn1C. The molecule has 1 N–H and O–H groups in total. The molecule has 96 valence electrons. The molecular formula is C14H18BrN3. The van der Waals surface area contributed by atoms with E-state index in [2.05, 4.69) is 64.5 Å². The van der Waals surface area contributed by atoms with Gasteiger partial charge in [0, 0.05) is 35.4 Å². The van der Waals surface area contributed by atoms with Crippen molar-refractivity contribution in [2.24, 2.45) is 7.05 Å². The van der Waals surface area contributed by atoms with Crippen molar-refractivity contribution in [1.29, 1.82) is 0 Å². The van der Waals surface area contributed by atoms with Crippen molar-refractivity contribution < 1.29 is 0 Å². The Morgan fingerprint density at radius 1 is 1.33 bits per heavy atom. The second-order valence-corrected chi connectivity index (χ2v) is 5.45. The van der Waals surface area contributed by atoms with Gasteiger partial charge in [-0.15, -0.1) is 0 Å². The average Bonchev–Trinajstić information content (AvgIpc) is 2.68. The predicted octanol–water partition coefficient (Wildman–Crippen LogP) is 3.34. The van der Waals surface area contributed by atoms with Gasteiger partial charge in [-0.2, -0.15) is 5.10 Å². The number of rotatable bonds is 4. The Labute approximate surface area is 116 Å². The molecule has 0 bridgehead atoms. The van der Waals surface area contributed by atoms with Crippen LogP contribution in [0.1, 0.15) is 29.8 Å². The van der Waals surface area contributed by atoms with Gasteiger partial charge < -0.3 is 5.32 Å². The zero-order valence-corrected chi connectivity index (χ0v) is 12.5. The fourth-order valence-corrected chi connectivity index (χ4v) is 2.11. The first-order valence-electron chi connectivity index (χ1n) is 6.04. The lowest BCUT2D eigenvalue weighted by molar-refractivity contribution is 0.572. The number of benzene rings is 1. The van der Waals surface area contributed by atoms with Gasteiger partial charge in [-0.25, -0.2) is 0 Å². The van der Waals surface area contributed by atoms with Crippen molar-refractivity contribution >= 4 is 15.9 Å². The van der Waals surface area contributed by atoms with E-state index >= 15 is 0 Å². The molecule has 0 aliphatic carbocycles. The molecule has 2 rings (SSSR count). The second kappa shape index (κ2) is 5.67. The Bertz CT molecular complexity index is 516. The van der Waals surface area contributed by atoms with Crippen molar-refractivity contribution in [3.8, 4) is 0 Å². The standard InChI is InChI=1S/C14H18BrN3/c1-10(12-4-6-14(15)7-5-12)16-8-13-9-17-18(3)11(13)2/h4-7,9-10,16H,8H2,1-3H3. The normalized spacial score (nSPS) is 12.7. The van der Waals surface area contributed by atoms with E-state index in [1.54, 1.807) is 0 Å². The number of aromatic nitrogens is 2. The summed E-state index contributed by atoms with van der Waals surface area (Å²) in [5, 5.41) is 7.77. The Morgan fingerprint density at radius 3 is 2.56 bits per heavy atom. The molecule has 3 nitrogen and oxygen atoms in total. The molecule has 1 aromatic heterocycles. The summed E-state index contributed by atoms with van der Waals surface area (Å²) < 4.78 is 3.02. The summed E-state index contributed by atoms with van der Waals surface area (Å²) in [6.45, 7) is 5.11. The monoisotopic (exact) mass is 307 g/mol. The van der Waals surface area contributed by atoms with Crippen LogP contribution in [0.3, 0.4) is 0 Å². The van der Waals surface area contributed by atoms with E-state index in [1.165, 1.54) is 16.8 Å². The minimum absolute atomic E-state index is 0.331. The van der Waals surface area contributed by atoms with E-state index in [0.29, 0.717) is 6.04 Å². The fourth-order valence-electron chi connectivity index (χ4n) is 1.85. The molecule has 0 saturated carbocycles. The van der Waals surface area contributed by atoms with Gasteiger partial charge in [-0.05, 0) is 31.5 Å². The zero-order valence-electron chi connectivity index (χ0n) is 10.9. The number of halogens is 1. The maximum Gasteiger partial charge on any atom is 0.0537 e. The van der Waals surface area contributed by atoms with Crippen LogP contribution in [0.5, 0.6) is 0 Å². The lowest BCUT2D eigenvalue weighted by Crippen LogP contribution is -2.18. The number of aryl methyl sites for hydroxylation is 1. The molecule has 18 heavy (non-hydrogen) atoms. The number of nitrogens with one attached hydrogen (secondary N) is 1. The van der Waals surface area contributed by atoms with Crippen LogP contribution in [-0.2, 0) is 13.6 Å². The molecular weight excluding hydrogens is 290 g/mol. The van der Waals surface area contributed by atoms with E-state index in [-0.39, 0.29) is 0 Å². The lowest BCUT2D eigenvalue weighted by atomic mass is 10.1. The van der Waals surface area contributed by atoms with E-state index in [9.17, 15) is 0 Å². The quantitative estimate of drug-likeness (QED) is 0.939. The summed E-state index contributed by atoms with van der Waals surface area (Å²) >= 11 is 3.45. The average molecular weight is 308 g/mol. The van der Waals surface area contributed by atoms with Gasteiger partial charge in [0.2, 0.25) is 0 Å². The maximum absolute atomic E-state index is 4.25. The minimum Gasteiger partial charge on any atom is -0.306 e. The van der Waals surface area contributed by atoms with Gasteiger partial charge in [-0.1, -0.05) is 28.1 Å². The van der Waals surface area contributed by atoms with E-state index < -0.39 is 0 Å².